The van der Waals surface area contributed by atoms with Gasteiger partial charge in [-0.2, -0.15) is 0 Å². The van der Waals surface area contributed by atoms with Gasteiger partial charge in [0.2, 0.25) is 0 Å². The Bertz CT molecular complexity index is 1080. The Morgan fingerprint density at radius 1 is 1.28 bits per heavy atom. The van der Waals surface area contributed by atoms with Crippen molar-refractivity contribution in [2.24, 2.45) is 5.73 Å². The van der Waals surface area contributed by atoms with Crippen LogP contribution in [0.1, 0.15) is 42.8 Å². The Morgan fingerprint density at radius 2 is 2.00 bits per heavy atom. The summed E-state index contributed by atoms with van der Waals surface area (Å²) in [5, 5.41) is 23.3. The highest BCUT2D eigenvalue weighted by atomic mass is 35.5. The highest BCUT2D eigenvalue weighted by Crippen LogP contribution is 2.36. The zero-order chi connectivity index (χ0) is 23.5. The van der Waals surface area contributed by atoms with Gasteiger partial charge in [0.1, 0.15) is 30.1 Å². The van der Waals surface area contributed by atoms with E-state index in [-0.39, 0.29) is 12.7 Å². The van der Waals surface area contributed by atoms with Gasteiger partial charge in [0.15, 0.2) is 5.58 Å². The highest BCUT2D eigenvalue weighted by Gasteiger charge is 2.29. The van der Waals surface area contributed by atoms with Gasteiger partial charge < -0.3 is 29.9 Å². The van der Waals surface area contributed by atoms with Gasteiger partial charge in [0.25, 0.3) is 0 Å². The van der Waals surface area contributed by atoms with Crippen LogP contribution < -0.4 is 10.5 Å². The van der Waals surface area contributed by atoms with Crippen molar-refractivity contribution in [2.75, 3.05) is 19.8 Å². The lowest BCUT2D eigenvalue weighted by Crippen LogP contribution is -2.52. The van der Waals surface area contributed by atoms with E-state index in [9.17, 15) is 15.0 Å². The van der Waals surface area contributed by atoms with Crippen molar-refractivity contribution >= 4 is 28.5 Å². The number of rotatable bonds is 9. The summed E-state index contributed by atoms with van der Waals surface area (Å²) in [6.07, 6.45) is 1.41. The molecule has 0 amide bonds. The molecule has 0 saturated carbocycles. The van der Waals surface area contributed by atoms with Crippen LogP contribution in [-0.2, 0) is 9.53 Å². The standard InChI is InChI=1S/C22H26ClN3O6/c1-12-4-5-17(25-8-12)14(3)31-19-7-18-15(6-16(19)23)20(26-32-18)13(2)21(29)30-11-22(24,9-27)10-28/h4-8,13-14,27-28H,9-11,24H2,1-3H3/t13-,14?/m0/s1. The van der Waals surface area contributed by atoms with Gasteiger partial charge in [-0.05, 0) is 38.5 Å². The van der Waals surface area contributed by atoms with E-state index in [0.29, 0.717) is 27.4 Å². The zero-order valence-corrected chi connectivity index (χ0v) is 18.8. The second kappa shape index (κ2) is 9.83. The summed E-state index contributed by atoms with van der Waals surface area (Å²) in [7, 11) is 0. The Kier molecular flexibility index (Phi) is 7.35. The lowest BCUT2D eigenvalue weighted by molar-refractivity contribution is -0.148. The highest BCUT2D eigenvalue weighted by molar-refractivity contribution is 6.32. The largest absolute Gasteiger partial charge is 0.483 e. The van der Waals surface area contributed by atoms with Crippen LogP contribution in [0.2, 0.25) is 5.02 Å². The molecule has 0 saturated heterocycles. The summed E-state index contributed by atoms with van der Waals surface area (Å²) in [6, 6.07) is 7.06. The molecule has 10 heteroatoms. The summed E-state index contributed by atoms with van der Waals surface area (Å²) >= 11 is 6.43. The predicted molar refractivity (Wildman–Crippen MR) is 118 cm³/mol. The molecular weight excluding hydrogens is 438 g/mol. The lowest BCUT2D eigenvalue weighted by Gasteiger charge is -2.24. The molecule has 2 atom stereocenters. The summed E-state index contributed by atoms with van der Waals surface area (Å²) in [5.74, 6) is -1.03. The van der Waals surface area contributed by atoms with Gasteiger partial charge in [-0.25, -0.2) is 0 Å². The van der Waals surface area contributed by atoms with Crippen molar-refractivity contribution in [3.8, 4) is 5.75 Å². The first-order valence-corrected chi connectivity index (χ1v) is 10.4. The fraction of sp³-hybridized carbons (Fsp3) is 0.409. The maximum Gasteiger partial charge on any atom is 0.314 e. The van der Waals surface area contributed by atoms with Gasteiger partial charge >= 0.3 is 5.97 Å². The molecule has 2 aromatic heterocycles. The average Bonchev–Trinajstić information content (AvgIpc) is 3.19. The number of pyridine rings is 1. The summed E-state index contributed by atoms with van der Waals surface area (Å²) in [4.78, 5) is 16.8. The topological polar surface area (TPSA) is 141 Å². The number of carbonyl (C=O) groups is 1. The third kappa shape index (κ3) is 5.18. The van der Waals surface area contributed by atoms with E-state index in [1.165, 1.54) is 0 Å². The van der Waals surface area contributed by atoms with Gasteiger partial charge in [0, 0.05) is 17.6 Å². The molecule has 3 rings (SSSR count). The van der Waals surface area contributed by atoms with Crippen molar-refractivity contribution in [3.63, 3.8) is 0 Å². The first-order chi connectivity index (χ1) is 15.2. The molecule has 0 fully saturated rings. The number of fused-ring (bicyclic) bond motifs is 1. The number of nitrogens with two attached hydrogens (primary N) is 1. The third-order valence-electron chi connectivity index (χ3n) is 5.10. The lowest BCUT2D eigenvalue weighted by atomic mass is 10.0. The number of aliphatic hydroxyl groups is 2. The second-order valence-corrected chi connectivity index (χ2v) is 8.28. The molecule has 9 nitrogen and oxygen atoms in total. The SMILES string of the molecule is Cc1ccc(C(C)Oc2cc3onc([C@H](C)C(=O)OCC(N)(CO)CO)c3cc2Cl)nc1. The van der Waals surface area contributed by atoms with Crippen molar-refractivity contribution in [3.05, 3.63) is 52.4 Å². The number of nitrogens with zero attached hydrogens (tertiary/aromatic N) is 2. The van der Waals surface area contributed by atoms with Crippen LogP contribution in [-0.4, -0.2) is 51.7 Å². The van der Waals surface area contributed by atoms with Crippen molar-refractivity contribution in [1.29, 1.82) is 0 Å². The number of benzene rings is 1. The number of carbonyl (C=O) groups excluding carboxylic acids is 1. The van der Waals surface area contributed by atoms with Gasteiger partial charge in [-0.3, -0.25) is 9.78 Å². The first-order valence-electron chi connectivity index (χ1n) is 10.0. The number of esters is 1. The van der Waals surface area contributed by atoms with E-state index < -0.39 is 30.6 Å². The fourth-order valence-corrected chi connectivity index (χ4v) is 3.13. The van der Waals surface area contributed by atoms with Crippen LogP contribution in [0.5, 0.6) is 5.75 Å². The molecule has 0 aliphatic rings. The maximum atomic E-state index is 12.5. The molecule has 3 aromatic rings. The molecule has 32 heavy (non-hydrogen) atoms. The van der Waals surface area contributed by atoms with E-state index in [2.05, 4.69) is 10.1 Å². The molecule has 0 radical (unpaired) electrons. The number of ether oxygens (including phenoxy) is 2. The molecule has 0 spiro atoms. The van der Waals surface area contributed by atoms with Gasteiger partial charge in [-0.1, -0.05) is 22.8 Å². The molecule has 0 aliphatic heterocycles. The number of aryl methyl sites for hydroxylation is 1. The van der Waals surface area contributed by atoms with Crippen LogP contribution in [0.4, 0.5) is 0 Å². The van der Waals surface area contributed by atoms with E-state index in [0.717, 1.165) is 11.3 Å². The number of aromatic nitrogens is 2. The Morgan fingerprint density at radius 3 is 2.62 bits per heavy atom. The van der Waals surface area contributed by atoms with E-state index >= 15 is 0 Å². The van der Waals surface area contributed by atoms with E-state index in [1.807, 2.05) is 26.0 Å². The molecule has 1 unspecified atom stereocenters. The van der Waals surface area contributed by atoms with Crippen LogP contribution in [0.3, 0.4) is 0 Å². The molecule has 0 bridgehead atoms. The fourth-order valence-electron chi connectivity index (χ4n) is 2.92. The summed E-state index contributed by atoms with van der Waals surface area (Å²) in [5.41, 5.74) is 6.84. The first kappa shape index (κ1) is 23.9. The van der Waals surface area contributed by atoms with Crippen molar-refractivity contribution < 1.29 is 29.0 Å². The van der Waals surface area contributed by atoms with Crippen molar-refractivity contribution in [1.82, 2.24) is 10.1 Å². The molecule has 172 valence electrons. The molecular formula is C22H26ClN3O6. The number of hydrogen-bond acceptors (Lipinski definition) is 9. The smallest absolute Gasteiger partial charge is 0.314 e. The minimum absolute atomic E-state index is 0.322. The van der Waals surface area contributed by atoms with Crippen LogP contribution in [0.15, 0.2) is 35.0 Å². The van der Waals surface area contributed by atoms with E-state index in [1.54, 1.807) is 25.3 Å². The van der Waals surface area contributed by atoms with Crippen LogP contribution in [0, 0.1) is 6.92 Å². The predicted octanol–water partition coefficient (Wildman–Crippen LogP) is 2.65. The van der Waals surface area contributed by atoms with Crippen molar-refractivity contribution in [2.45, 2.75) is 38.3 Å². The van der Waals surface area contributed by atoms with Crippen LogP contribution >= 0.6 is 11.6 Å². The summed E-state index contributed by atoms with van der Waals surface area (Å²) < 4.78 is 16.5. The molecule has 2 heterocycles. The quantitative estimate of drug-likeness (QED) is 0.408. The van der Waals surface area contributed by atoms with Gasteiger partial charge in [-0.15, -0.1) is 0 Å². The Balaban J connectivity index is 1.77. The molecule has 1 aromatic carbocycles. The minimum atomic E-state index is -1.42. The molecule has 4 N–H and O–H groups in total. The number of hydrogen-bond donors (Lipinski definition) is 3. The zero-order valence-electron chi connectivity index (χ0n) is 18.0. The summed E-state index contributed by atoms with van der Waals surface area (Å²) in [6.45, 7) is 4.00. The third-order valence-corrected chi connectivity index (χ3v) is 5.40. The Labute approximate surface area is 190 Å². The second-order valence-electron chi connectivity index (χ2n) is 7.88. The van der Waals surface area contributed by atoms with Gasteiger partial charge in [0.05, 0.1) is 29.5 Å². The maximum absolute atomic E-state index is 12.5. The minimum Gasteiger partial charge on any atom is -0.483 e. The Hall–Kier alpha value is -2.72. The normalized spacial score (nSPS) is 13.7. The monoisotopic (exact) mass is 463 g/mol. The molecule has 0 aliphatic carbocycles. The van der Waals surface area contributed by atoms with E-state index in [4.69, 9.17) is 31.3 Å². The average molecular weight is 464 g/mol. The number of halogens is 1. The van der Waals surface area contributed by atoms with Crippen LogP contribution in [0.25, 0.3) is 11.0 Å². The number of aliphatic hydroxyl groups excluding tert-OH is 2.